The highest BCUT2D eigenvalue weighted by Crippen LogP contribution is 2.48. The third kappa shape index (κ3) is 12.1. The minimum atomic E-state index is -1.52. The van der Waals surface area contributed by atoms with E-state index in [1.807, 2.05) is 72.8 Å². The van der Waals surface area contributed by atoms with E-state index in [-0.39, 0.29) is 0 Å². The molecular weight excluding hydrogens is 1710 g/mol. The Kier molecular flexibility index (Phi) is 16.8. The molecule has 8 heterocycles. The maximum atomic E-state index is 9.49. The molecule has 0 radical (unpaired) electrons. The van der Waals surface area contributed by atoms with E-state index in [9.17, 15) is 10.0 Å². The highest BCUT2D eigenvalue weighted by Gasteiger charge is 2.25. The summed E-state index contributed by atoms with van der Waals surface area (Å²) in [6.45, 7) is 0. The van der Waals surface area contributed by atoms with Gasteiger partial charge in [0.05, 0.1) is 0 Å². The van der Waals surface area contributed by atoms with Crippen LogP contribution < -0.4 is 5.46 Å². The van der Waals surface area contributed by atoms with Crippen molar-refractivity contribution in [2.45, 2.75) is 0 Å². The van der Waals surface area contributed by atoms with Gasteiger partial charge < -0.3 is 45.4 Å². The van der Waals surface area contributed by atoms with Gasteiger partial charge >= 0.3 is 7.12 Å². The van der Waals surface area contributed by atoms with Crippen molar-refractivity contribution in [1.29, 1.82) is 0 Å². The second kappa shape index (κ2) is 28.5. The molecule has 10 nitrogen and oxygen atoms in total. The SMILES string of the molecule is Brc1cc(Br)cc(Br)c1.OB(O)c1ccc2oc3c(ccc4c5cc(-c6ccccc6)ccc5oc43)c2c1.c1ccc(-c2ccc3oc4c(ccc5c6cc(-c7cc(-c8ccc9oc%10c(ccc%11c%12cc(-c%13ccccc%13)ccc%12oc%11%10)c9c8)cc(-c8ccc9oc%10c(ccc%11c%12cc(-c%13ccccc%13)ccc%12oc%11%10)c9c8)c7)ccc6oc54)c3c2)cc1. The number of hydrogen-bond acceptors (Lipinski definition) is 10. The molecule has 0 aliphatic heterocycles. The van der Waals surface area contributed by atoms with Crippen LogP contribution in [0.1, 0.15) is 0 Å². The maximum Gasteiger partial charge on any atom is 0.488 e. The quantitative estimate of drug-likeness (QED) is 0.141. The zero-order valence-electron chi connectivity index (χ0n) is 64.4. The molecule has 0 unspecified atom stereocenters. The van der Waals surface area contributed by atoms with Gasteiger partial charge in [0.1, 0.15) is 44.7 Å². The van der Waals surface area contributed by atoms with Crippen molar-refractivity contribution in [2.75, 3.05) is 0 Å². The van der Waals surface area contributed by atoms with Crippen LogP contribution in [0.5, 0.6) is 0 Å². The van der Waals surface area contributed by atoms with E-state index in [1.54, 1.807) is 18.2 Å². The van der Waals surface area contributed by atoms with Crippen LogP contribution in [-0.4, -0.2) is 17.2 Å². The molecule has 2 N–H and O–H groups in total. The smallest absolute Gasteiger partial charge is 0.452 e. The van der Waals surface area contributed by atoms with Crippen LogP contribution in [0.3, 0.4) is 0 Å². The van der Waals surface area contributed by atoms with Crippen LogP contribution in [0.25, 0.3) is 253 Å². The first-order valence-electron chi connectivity index (χ1n) is 40.0. The van der Waals surface area contributed by atoms with Crippen LogP contribution in [0.15, 0.2) is 401 Å². The fourth-order valence-electron chi connectivity index (χ4n) is 17.9. The Morgan fingerprint density at radius 1 is 0.156 bits per heavy atom. The van der Waals surface area contributed by atoms with Crippen LogP contribution in [-0.2, 0) is 0 Å². The highest BCUT2D eigenvalue weighted by molar-refractivity contribution is 9.11. The van der Waals surface area contributed by atoms with Crippen molar-refractivity contribution in [1.82, 2.24) is 0 Å². The lowest BCUT2D eigenvalue weighted by Crippen LogP contribution is -2.29. The Morgan fingerprint density at radius 3 is 0.533 bits per heavy atom. The van der Waals surface area contributed by atoms with E-state index in [2.05, 4.69) is 309 Å². The molecule has 0 atom stereocenters. The average molecular weight is 1770 g/mol. The number of fused-ring (bicyclic) bond motifs is 28. The van der Waals surface area contributed by atoms with E-state index in [0.717, 1.165) is 250 Å². The summed E-state index contributed by atoms with van der Waals surface area (Å²) in [7, 11) is -1.52. The van der Waals surface area contributed by atoms with Gasteiger partial charge in [-0.15, -0.1) is 0 Å². The fourth-order valence-corrected chi connectivity index (χ4v) is 20.3. The monoisotopic (exact) mass is 1760 g/mol. The predicted molar refractivity (Wildman–Crippen MR) is 509 cm³/mol. The number of hydrogen-bond donors (Lipinski definition) is 2. The van der Waals surface area contributed by atoms with Gasteiger partial charge in [0.2, 0.25) is 0 Å². The largest absolute Gasteiger partial charge is 0.488 e. The summed E-state index contributed by atoms with van der Waals surface area (Å²) in [6, 6.07) is 122. The predicted octanol–water partition coefficient (Wildman–Crippen LogP) is 31.9. The first-order chi connectivity index (χ1) is 59.9. The molecule has 0 bridgehead atoms. The third-order valence-electron chi connectivity index (χ3n) is 23.8. The average Bonchev–Trinajstić information content (AvgIpc) is 1.59. The number of rotatable bonds is 8. The normalized spacial score (nSPS) is 12.0. The second-order valence-corrected chi connectivity index (χ2v) is 33.8. The molecule has 26 rings (SSSR count). The highest BCUT2D eigenvalue weighted by atomic mass is 79.9. The zero-order valence-corrected chi connectivity index (χ0v) is 69.1. The standard InChI is InChI=1S/C78H42O6.C24H15BO4.C6H3Br3/c1-4-10-43(11-5-1)46-16-28-67-61(37-46)55-22-25-58-64-40-49(19-31-70(64)82-76(58)73(55)79-67)52-34-53(50-20-32-71-65(41-50)59-26-23-56-62-38-47(44-12-6-2-7-13-44)17-29-68(62)80-74(56)77(59)83-71)36-54(35-52)51-21-33-72-66(42-51)60-27-24-57-63-39-48(45-14-8-3-9-15-45)18-30-69(63)81-75(57)78(60)84-72;26-25(27)16-7-11-22-20(13-16)18-9-8-17-19-12-15(14-4-2-1-3-5-14)6-10-21(19)28-23(17)24(18)29-22;7-4-1-5(8)3-6(9)2-4/h1-42H;1-13,26-27H;1-3H. The molecule has 0 aliphatic carbocycles. The van der Waals surface area contributed by atoms with Crippen molar-refractivity contribution in [3.05, 3.63) is 365 Å². The van der Waals surface area contributed by atoms with Gasteiger partial charge in [-0.2, -0.15) is 0 Å². The van der Waals surface area contributed by atoms with Crippen molar-refractivity contribution in [3.63, 3.8) is 0 Å². The molecule has 18 aromatic carbocycles. The maximum absolute atomic E-state index is 9.49. The van der Waals surface area contributed by atoms with E-state index in [4.69, 9.17) is 35.3 Å². The fraction of sp³-hybridized carbons (Fsp3) is 0. The molecule has 0 amide bonds. The number of halogens is 3. The Morgan fingerprint density at radius 2 is 0.336 bits per heavy atom. The third-order valence-corrected chi connectivity index (χ3v) is 25.2. The molecule has 122 heavy (non-hydrogen) atoms. The molecule has 0 saturated heterocycles. The Balaban J connectivity index is 0.000000182. The summed E-state index contributed by atoms with van der Waals surface area (Å²) < 4.78 is 55.6. The molecule has 0 aliphatic rings. The van der Waals surface area contributed by atoms with Crippen molar-refractivity contribution < 1.29 is 45.4 Å². The van der Waals surface area contributed by atoms with Crippen molar-refractivity contribution in [3.8, 4) is 77.9 Å². The molecular formula is C108H60BBr3O10. The van der Waals surface area contributed by atoms with Gasteiger partial charge in [-0.3, -0.25) is 0 Å². The lowest BCUT2D eigenvalue weighted by molar-refractivity contribution is 0.426. The first-order valence-corrected chi connectivity index (χ1v) is 42.4. The second-order valence-electron chi connectivity index (χ2n) is 31.0. The summed E-state index contributed by atoms with van der Waals surface area (Å²) in [4.78, 5) is 0. The van der Waals surface area contributed by atoms with Crippen LogP contribution in [0, 0.1) is 0 Å². The first kappa shape index (κ1) is 71.9. The molecule has 26 aromatic rings. The zero-order chi connectivity index (χ0) is 81.1. The van der Waals surface area contributed by atoms with E-state index < -0.39 is 7.12 Å². The Labute approximate surface area is 718 Å². The van der Waals surface area contributed by atoms with Crippen molar-refractivity contribution >= 4 is 236 Å². The minimum Gasteiger partial charge on any atom is -0.452 e. The molecule has 0 spiro atoms. The van der Waals surface area contributed by atoms with Crippen LogP contribution in [0.4, 0.5) is 0 Å². The Bertz CT molecular complexity index is 8140. The van der Waals surface area contributed by atoms with Crippen LogP contribution >= 0.6 is 47.8 Å². The lowest BCUT2D eigenvalue weighted by atomic mass is 9.80. The molecule has 576 valence electrons. The van der Waals surface area contributed by atoms with Gasteiger partial charge in [0.25, 0.3) is 0 Å². The summed E-state index contributed by atoms with van der Waals surface area (Å²) in [6.07, 6.45) is 0. The summed E-state index contributed by atoms with van der Waals surface area (Å²) in [5.41, 5.74) is 28.1. The number of furan rings is 8. The summed E-state index contributed by atoms with van der Waals surface area (Å²) >= 11 is 10.1. The summed E-state index contributed by atoms with van der Waals surface area (Å²) in [5, 5.41) is 35.0. The molecule has 0 saturated carbocycles. The minimum absolute atomic E-state index is 0.428. The van der Waals surface area contributed by atoms with Gasteiger partial charge in [0, 0.05) is 99.6 Å². The van der Waals surface area contributed by atoms with Gasteiger partial charge in [-0.05, 0) is 259 Å². The molecule has 0 fully saturated rings. The lowest BCUT2D eigenvalue weighted by Gasteiger charge is -2.12. The van der Waals surface area contributed by atoms with Crippen LogP contribution in [0.2, 0.25) is 0 Å². The van der Waals surface area contributed by atoms with Gasteiger partial charge in [-0.25, -0.2) is 0 Å². The van der Waals surface area contributed by atoms with Gasteiger partial charge in [0.15, 0.2) is 44.7 Å². The number of benzene rings is 18. The van der Waals surface area contributed by atoms with Crippen molar-refractivity contribution in [2.24, 2.45) is 0 Å². The van der Waals surface area contributed by atoms with E-state index in [0.29, 0.717) is 22.2 Å². The summed E-state index contributed by atoms with van der Waals surface area (Å²) in [5.74, 6) is 0. The van der Waals surface area contributed by atoms with Gasteiger partial charge in [-0.1, -0.05) is 224 Å². The van der Waals surface area contributed by atoms with E-state index >= 15 is 0 Å². The topological polar surface area (TPSA) is 146 Å². The molecule has 8 aromatic heterocycles. The molecule has 14 heteroatoms. The van der Waals surface area contributed by atoms with E-state index in [1.165, 1.54) is 0 Å². The Hall–Kier alpha value is -14.2.